The van der Waals surface area contributed by atoms with E-state index in [2.05, 4.69) is 15.5 Å². The average molecular weight is 403 g/mol. The number of nitrogens with one attached hydrogen (secondary N) is 2. The summed E-state index contributed by atoms with van der Waals surface area (Å²) in [5, 5.41) is 28.4. The van der Waals surface area contributed by atoms with Gasteiger partial charge in [-0.3, -0.25) is 15.5 Å². The molecule has 9 heteroatoms. The Morgan fingerprint density at radius 2 is 1.89 bits per heavy atom. The summed E-state index contributed by atoms with van der Waals surface area (Å²) in [5.74, 6) is 1.04. The summed E-state index contributed by atoms with van der Waals surface area (Å²) in [7, 11) is 0. The third-order valence-corrected chi connectivity index (χ3v) is 7.82. The van der Waals surface area contributed by atoms with Crippen LogP contribution in [0.2, 0.25) is 0 Å². The standard InChI is InChI=1S/C18H31ClN4O4/c19-9-2-1-8-6-26-14(11(8)5-9)15-12(24)13(25)18(27-15)23-4-3-10-16(20)21-7-22-17(10)23/h8-18,21-22,24-25H,1-7,20H2/t8?,9?,10?,11?,12-,13+,14+,15-,16?,17?,18+/m0/s1. The number of ether oxygens (including phenoxy) is 2. The summed E-state index contributed by atoms with van der Waals surface area (Å²) in [6, 6.07) is 0. The van der Waals surface area contributed by atoms with Crippen molar-refractivity contribution < 1.29 is 19.7 Å². The first-order valence-corrected chi connectivity index (χ1v) is 10.7. The van der Waals surface area contributed by atoms with E-state index in [9.17, 15) is 10.2 Å². The molecule has 0 aromatic carbocycles. The van der Waals surface area contributed by atoms with Crippen molar-refractivity contribution in [1.82, 2.24) is 15.5 Å². The van der Waals surface area contributed by atoms with Crippen LogP contribution in [0.15, 0.2) is 0 Å². The number of rotatable bonds is 2. The number of nitrogens with two attached hydrogens (primary N) is 1. The van der Waals surface area contributed by atoms with Gasteiger partial charge in [0, 0.05) is 24.5 Å². The Morgan fingerprint density at radius 1 is 1.04 bits per heavy atom. The summed E-state index contributed by atoms with van der Waals surface area (Å²) < 4.78 is 12.3. The lowest BCUT2D eigenvalue weighted by Gasteiger charge is -2.39. The van der Waals surface area contributed by atoms with Gasteiger partial charge in [-0.2, -0.15) is 0 Å². The number of alkyl halides is 1. The highest BCUT2D eigenvalue weighted by atomic mass is 35.5. The first-order valence-electron chi connectivity index (χ1n) is 10.3. The highest BCUT2D eigenvalue weighted by Crippen LogP contribution is 2.45. The molecule has 4 aliphatic heterocycles. The number of aliphatic hydroxyl groups excluding tert-OH is 2. The smallest absolute Gasteiger partial charge is 0.141 e. The van der Waals surface area contributed by atoms with E-state index in [4.69, 9.17) is 26.8 Å². The fraction of sp³-hybridized carbons (Fsp3) is 1.00. The molecule has 0 amide bonds. The Bertz CT molecular complexity index is 545. The van der Waals surface area contributed by atoms with Crippen LogP contribution >= 0.6 is 11.6 Å². The first kappa shape index (κ1) is 19.0. The van der Waals surface area contributed by atoms with Crippen LogP contribution in [-0.2, 0) is 9.47 Å². The molecule has 154 valence electrons. The second kappa shape index (κ2) is 7.34. The van der Waals surface area contributed by atoms with Gasteiger partial charge in [-0.05, 0) is 37.5 Å². The number of halogens is 1. The van der Waals surface area contributed by atoms with Crippen molar-refractivity contribution in [2.45, 2.75) is 74.0 Å². The summed E-state index contributed by atoms with van der Waals surface area (Å²) in [6.07, 6.45) is 0.708. The fourth-order valence-corrected chi connectivity index (χ4v) is 6.29. The maximum atomic E-state index is 10.8. The van der Waals surface area contributed by atoms with E-state index in [1.165, 1.54) is 0 Å². The van der Waals surface area contributed by atoms with E-state index in [0.29, 0.717) is 25.1 Å². The quantitative estimate of drug-likeness (QED) is 0.371. The second-order valence-corrected chi connectivity index (χ2v) is 9.47. The summed E-state index contributed by atoms with van der Waals surface area (Å²) in [4.78, 5) is 2.12. The zero-order chi connectivity index (χ0) is 18.7. The summed E-state index contributed by atoms with van der Waals surface area (Å²) >= 11 is 6.40. The van der Waals surface area contributed by atoms with Gasteiger partial charge in [0.25, 0.3) is 0 Å². The van der Waals surface area contributed by atoms with Gasteiger partial charge in [0.1, 0.15) is 24.5 Å². The highest BCUT2D eigenvalue weighted by Gasteiger charge is 2.56. The molecule has 8 nitrogen and oxygen atoms in total. The SMILES string of the molecule is NC1NCNC2C1CCN2[C@@H]1O[C@H]([C@@H]2OCC3CCC(Cl)CC32)[C@@H](O)[C@H]1O. The molecule has 1 aliphatic carbocycles. The molecule has 5 rings (SSSR count). The predicted octanol–water partition coefficient (Wildman–Crippen LogP) is -1.06. The minimum Gasteiger partial charge on any atom is -0.387 e. The van der Waals surface area contributed by atoms with Gasteiger partial charge in [-0.25, -0.2) is 0 Å². The average Bonchev–Trinajstić information content (AvgIpc) is 3.33. The Balaban J connectivity index is 1.31. The molecule has 0 aromatic heterocycles. The van der Waals surface area contributed by atoms with Crippen LogP contribution in [0.3, 0.4) is 0 Å². The van der Waals surface area contributed by atoms with Gasteiger partial charge >= 0.3 is 0 Å². The van der Waals surface area contributed by atoms with Crippen LogP contribution in [0.5, 0.6) is 0 Å². The van der Waals surface area contributed by atoms with Crippen LogP contribution in [0, 0.1) is 17.8 Å². The van der Waals surface area contributed by atoms with Crippen molar-refractivity contribution >= 4 is 11.6 Å². The lowest BCUT2D eigenvalue weighted by atomic mass is 9.76. The lowest BCUT2D eigenvalue weighted by Crippen LogP contribution is -2.64. The number of aliphatic hydroxyl groups is 2. The number of nitrogens with zero attached hydrogens (tertiary/aromatic N) is 1. The van der Waals surface area contributed by atoms with E-state index < -0.39 is 24.5 Å². The summed E-state index contributed by atoms with van der Waals surface area (Å²) in [5.41, 5.74) is 6.19. The van der Waals surface area contributed by atoms with Crippen LogP contribution in [0.25, 0.3) is 0 Å². The minimum absolute atomic E-state index is 0.0472. The van der Waals surface area contributed by atoms with Gasteiger partial charge in [0.15, 0.2) is 0 Å². The zero-order valence-corrected chi connectivity index (χ0v) is 16.2. The number of likely N-dealkylation sites (tertiary alicyclic amines) is 1. The Morgan fingerprint density at radius 3 is 2.74 bits per heavy atom. The molecule has 0 bridgehead atoms. The normalized spacial score (nSPS) is 56.2. The maximum absolute atomic E-state index is 10.8. The molecule has 11 atom stereocenters. The van der Waals surface area contributed by atoms with Crippen molar-refractivity contribution in [3.8, 4) is 0 Å². The van der Waals surface area contributed by atoms with Gasteiger partial charge in [-0.1, -0.05) is 0 Å². The number of fused-ring (bicyclic) bond motifs is 2. The van der Waals surface area contributed by atoms with Gasteiger partial charge in [-0.15, -0.1) is 11.6 Å². The molecule has 0 radical (unpaired) electrons. The largest absolute Gasteiger partial charge is 0.387 e. The molecule has 6 N–H and O–H groups in total. The number of hydrogen-bond acceptors (Lipinski definition) is 8. The monoisotopic (exact) mass is 402 g/mol. The molecule has 0 spiro atoms. The van der Waals surface area contributed by atoms with E-state index in [1.807, 2.05) is 0 Å². The fourth-order valence-electron chi connectivity index (χ4n) is 5.96. The van der Waals surface area contributed by atoms with E-state index in [-0.39, 0.29) is 29.7 Å². The Labute approximate surface area is 164 Å². The van der Waals surface area contributed by atoms with Crippen molar-refractivity contribution in [1.29, 1.82) is 0 Å². The van der Waals surface area contributed by atoms with Crippen molar-refractivity contribution in [2.75, 3.05) is 19.8 Å². The van der Waals surface area contributed by atoms with Gasteiger partial charge in [0.2, 0.25) is 0 Å². The van der Waals surface area contributed by atoms with E-state index >= 15 is 0 Å². The minimum atomic E-state index is -0.959. The molecule has 4 heterocycles. The van der Waals surface area contributed by atoms with Gasteiger partial charge in [0.05, 0.1) is 25.0 Å². The lowest BCUT2D eigenvalue weighted by molar-refractivity contribution is -0.135. The first-order chi connectivity index (χ1) is 13.0. The molecule has 6 unspecified atom stereocenters. The topological polar surface area (TPSA) is 112 Å². The molecule has 1 saturated carbocycles. The van der Waals surface area contributed by atoms with Crippen molar-refractivity contribution in [3.63, 3.8) is 0 Å². The highest BCUT2D eigenvalue weighted by molar-refractivity contribution is 6.20. The Hall–Kier alpha value is -0.0300. The number of hydrogen-bond donors (Lipinski definition) is 5. The summed E-state index contributed by atoms with van der Waals surface area (Å²) in [6.45, 7) is 2.10. The van der Waals surface area contributed by atoms with Crippen molar-refractivity contribution in [2.24, 2.45) is 23.5 Å². The maximum Gasteiger partial charge on any atom is 0.141 e. The van der Waals surface area contributed by atoms with Gasteiger partial charge < -0.3 is 25.4 Å². The van der Waals surface area contributed by atoms with Crippen LogP contribution < -0.4 is 16.4 Å². The molecular weight excluding hydrogens is 372 g/mol. The van der Waals surface area contributed by atoms with Crippen molar-refractivity contribution in [3.05, 3.63) is 0 Å². The van der Waals surface area contributed by atoms with Crippen LogP contribution in [0.1, 0.15) is 25.7 Å². The molecule has 4 saturated heterocycles. The predicted molar refractivity (Wildman–Crippen MR) is 98.6 cm³/mol. The zero-order valence-electron chi connectivity index (χ0n) is 15.4. The molecule has 5 aliphatic rings. The third-order valence-electron chi connectivity index (χ3n) is 7.43. The van der Waals surface area contributed by atoms with E-state index in [1.54, 1.807) is 0 Å². The Kier molecular flexibility index (Phi) is 5.16. The third kappa shape index (κ3) is 3.14. The van der Waals surface area contributed by atoms with E-state index in [0.717, 1.165) is 32.2 Å². The molecule has 27 heavy (non-hydrogen) atoms. The molecule has 5 fully saturated rings. The molecule has 0 aromatic rings. The van der Waals surface area contributed by atoms with Crippen LogP contribution in [-0.4, -0.2) is 83.3 Å². The molecular formula is C18H31ClN4O4. The second-order valence-electron chi connectivity index (χ2n) is 8.85. The van der Waals surface area contributed by atoms with Crippen LogP contribution in [0.4, 0.5) is 0 Å².